The summed E-state index contributed by atoms with van der Waals surface area (Å²) >= 11 is 1.71. The standard InChI is InChI=1S/C17H25N5OS/c1-11(2)19-16(23)7-14-8-22-6-5-21(13(4)17(22)20-14)9-15-12(3)18-10-24-15/h8,10-11,13H,5-7,9H2,1-4H3,(H,19,23). The van der Waals surface area contributed by atoms with Crippen molar-refractivity contribution >= 4 is 17.2 Å². The molecule has 1 atom stereocenters. The van der Waals surface area contributed by atoms with Crippen molar-refractivity contribution in [1.82, 2.24) is 24.8 Å². The topological polar surface area (TPSA) is 63.1 Å². The van der Waals surface area contributed by atoms with Crippen LogP contribution in [0.1, 0.15) is 48.9 Å². The molecule has 0 radical (unpaired) electrons. The summed E-state index contributed by atoms with van der Waals surface area (Å²) in [6.07, 6.45) is 2.37. The zero-order chi connectivity index (χ0) is 17.3. The smallest absolute Gasteiger partial charge is 0.226 e. The van der Waals surface area contributed by atoms with Gasteiger partial charge in [0.15, 0.2) is 0 Å². The molecular formula is C17H25N5OS. The van der Waals surface area contributed by atoms with Crippen molar-refractivity contribution in [3.8, 4) is 0 Å². The Morgan fingerprint density at radius 3 is 2.92 bits per heavy atom. The number of aryl methyl sites for hydroxylation is 1. The van der Waals surface area contributed by atoms with Crippen LogP contribution in [0.4, 0.5) is 0 Å². The number of hydrogen-bond donors (Lipinski definition) is 1. The van der Waals surface area contributed by atoms with Crippen LogP contribution in [0.5, 0.6) is 0 Å². The van der Waals surface area contributed by atoms with Crippen molar-refractivity contribution in [1.29, 1.82) is 0 Å². The lowest BCUT2D eigenvalue weighted by Crippen LogP contribution is -2.36. The minimum atomic E-state index is 0.0326. The number of amides is 1. The van der Waals surface area contributed by atoms with E-state index in [0.717, 1.165) is 36.8 Å². The summed E-state index contributed by atoms with van der Waals surface area (Å²) in [6, 6.07) is 0.397. The fourth-order valence-corrected chi connectivity index (χ4v) is 3.89. The minimum absolute atomic E-state index is 0.0326. The highest BCUT2D eigenvalue weighted by Gasteiger charge is 2.27. The van der Waals surface area contributed by atoms with Crippen LogP contribution < -0.4 is 5.32 Å². The van der Waals surface area contributed by atoms with E-state index >= 15 is 0 Å². The number of imidazole rings is 1. The zero-order valence-electron chi connectivity index (χ0n) is 14.7. The van der Waals surface area contributed by atoms with Gasteiger partial charge in [0.25, 0.3) is 0 Å². The molecule has 1 N–H and O–H groups in total. The van der Waals surface area contributed by atoms with Crippen molar-refractivity contribution < 1.29 is 4.79 Å². The van der Waals surface area contributed by atoms with E-state index in [9.17, 15) is 4.79 Å². The molecule has 0 aliphatic carbocycles. The monoisotopic (exact) mass is 347 g/mol. The average molecular weight is 347 g/mol. The number of aromatic nitrogens is 3. The molecule has 2 aromatic rings. The molecule has 1 aliphatic rings. The molecule has 7 heteroatoms. The number of thiazole rings is 1. The fraction of sp³-hybridized carbons (Fsp3) is 0.588. The Morgan fingerprint density at radius 2 is 2.25 bits per heavy atom. The van der Waals surface area contributed by atoms with Gasteiger partial charge >= 0.3 is 0 Å². The first-order valence-electron chi connectivity index (χ1n) is 8.42. The maximum atomic E-state index is 12.0. The highest BCUT2D eigenvalue weighted by molar-refractivity contribution is 7.09. The van der Waals surface area contributed by atoms with E-state index in [1.165, 1.54) is 4.88 Å². The van der Waals surface area contributed by atoms with Crippen molar-refractivity contribution in [3.05, 3.63) is 33.8 Å². The van der Waals surface area contributed by atoms with Gasteiger partial charge in [-0.2, -0.15) is 0 Å². The SMILES string of the molecule is Cc1ncsc1CN1CCn2cc(CC(=O)NC(C)C)nc2C1C. The molecule has 1 unspecified atom stereocenters. The van der Waals surface area contributed by atoms with E-state index in [-0.39, 0.29) is 18.0 Å². The van der Waals surface area contributed by atoms with Crippen LogP contribution in [0.25, 0.3) is 0 Å². The molecule has 0 fully saturated rings. The maximum absolute atomic E-state index is 12.0. The summed E-state index contributed by atoms with van der Waals surface area (Å²) in [5, 5.41) is 2.92. The lowest BCUT2D eigenvalue weighted by molar-refractivity contribution is -0.120. The molecule has 0 saturated carbocycles. The van der Waals surface area contributed by atoms with Gasteiger partial charge in [0.05, 0.1) is 29.4 Å². The number of fused-ring (bicyclic) bond motifs is 1. The Kier molecular flexibility index (Phi) is 5.01. The van der Waals surface area contributed by atoms with Crippen molar-refractivity contribution in [2.75, 3.05) is 6.54 Å². The van der Waals surface area contributed by atoms with Crippen LogP contribution in [0.2, 0.25) is 0 Å². The molecule has 0 bridgehead atoms. The van der Waals surface area contributed by atoms with Crippen molar-refractivity contribution in [3.63, 3.8) is 0 Å². The van der Waals surface area contributed by atoms with Crippen molar-refractivity contribution in [2.24, 2.45) is 0 Å². The quantitative estimate of drug-likeness (QED) is 0.901. The molecule has 3 rings (SSSR count). The van der Waals surface area contributed by atoms with Gasteiger partial charge in [-0.05, 0) is 27.7 Å². The molecule has 1 amide bonds. The first kappa shape index (κ1) is 17.1. The first-order valence-corrected chi connectivity index (χ1v) is 9.30. The van der Waals surface area contributed by atoms with Gasteiger partial charge < -0.3 is 9.88 Å². The van der Waals surface area contributed by atoms with Gasteiger partial charge in [-0.1, -0.05) is 0 Å². The molecule has 2 aromatic heterocycles. The third kappa shape index (κ3) is 3.67. The molecule has 0 saturated heterocycles. The van der Waals surface area contributed by atoms with Crippen LogP contribution in [-0.2, 0) is 24.3 Å². The lowest BCUT2D eigenvalue weighted by Gasteiger charge is -2.33. The summed E-state index contributed by atoms with van der Waals surface area (Å²) in [4.78, 5) is 24.8. The molecule has 24 heavy (non-hydrogen) atoms. The number of carbonyl (C=O) groups is 1. The van der Waals surface area contributed by atoms with E-state index < -0.39 is 0 Å². The minimum Gasteiger partial charge on any atom is -0.354 e. The van der Waals surface area contributed by atoms with Gasteiger partial charge in [0, 0.05) is 36.8 Å². The Hall–Kier alpha value is -1.73. The molecule has 130 valence electrons. The van der Waals surface area contributed by atoms with E-state index in [1.54, 1.807) is 11.3 Å². The normalized spacial score (nSPS) is 18.0. The highest BCUT2D eigenvalue weighted by atomic mass is 32.1. The average Bonchev–Trinajstić information content (AvgIpc) is 3.08. The lowest BCUT2D eigenvalue weighted by atomic mass is 10.2. The number of nitrogens with one attached hydrogen (secondary N) is 1. The molecule has 0 aromatic carbocycles. The summed E-state index contributed by atoms with van der Waals surface area (Å²) in [5.41, 5.74) is 3.88. The van der Waals surface area contributed by atoms with Crippen LogP contribution >= 0.6 is 11.3 Å². The summed E-state index contributed by atoms with van der Waals surface area (Å²) in [5.74, 6) is 1.08. The number of carbonyl (C=O) groups excluding carboxylic acids is 1. The summed E-state index contributed by atoms with van der Waals surface area (Å²) in [7, 11) is 0. The molecular weight excluding hydrogens is 322 g/mol. The van der Waals surface area contributed by atoms with Crippen LogP contribution in [0.3, 0.4) is 0 Å². The number of rotatable bonds is 5. The predicted octanol–water partition coefficient (Wildman–Crippen LogP) is 2.29. The predicted molar refractivity (Wildman–Crippen MR) is 94.9 cm³/mol. The van der Waals surface area contributed by atoms with Crippen LogP contribution in [0, 0.1) is 6.92 Å². The summed E-state index contributed by atoms with van der Waals surface area (Å²) < 4.78 is 2.19. The number of nitrogens with zero attached hydrogens (tertiary/aromatic N) is 4. The van der Waals surface area contributed by atoms with Crippen LogP contribution in [-0.4, -0.2) is 37.9 Å². The van der Waals surface area contributed by atoms with E-state index in [0.29, 0.717) is 6.42 Å². The van der Waals surface area contributed by atoms with E-state index in [1.807, 2.05) is 25.6 Å². The molecule has 0 spiro atoms. The molecule has 1 aliphatic heterocycles. The fourth-order valence-electron chi connectivity index (χ4n) is 3.09. The largest absolute Gasteiger partial charge is 0.354 e. The second-order valence-corrected chi connectivity index (χ2v) is 7.63. The molecule has 6 nitrogen and oxygen atoms in total. The van der Waals surface area contributed by atoms with Crippen molar-refractivity contribution in [2.45, 2.75) is 59.3 Å². The Bertz CT molecular complexity index is 720. The van der Waals surface area contributed by atoms with Gasteiger partial charge in [-0.3, -0.25) is 9.69 Å². The van der Waals surface area contributed by atoms with Crippen LogP contribution in [0.15, 0.2) is 11.7 Å². The third-order valence-corrected chi connectivity index (χ3v) is 5.31. The van der Waals surface area contributed by atoms with Gasteiger partial charge in [0.2, 0.25) is 5.91 Å². The number of hydrogen-bond acceptors (Lipinski definition) is 5. The van der Waals surface area contributed by atoms with Gasteiger partial charge in [-0.25, -0.2) is 9.97 Å². The highest BCUT2D eigenvalue weighted by Crippen LogP contribution is 2.28. The maximum Gasteiger partial charge on any atom is 0.226 e. The Morgan fingerprint density at radius 1 is 1.46 bits per heavy atom. The first-order chi connectivity index (χ1) is 11.4. The third-order valence-electron chi connectivity index (χ3n) is 4.39. The second-order valence-electron chi connectivity index (χ2n) is 6.69. The molecule has 3 heterocycles. The summed E-state index contributed by atoms with van der Waals surface area (Å²) in [6.45, 7) is 11.0. The van der Waals surface area contributed by atoms with Gasteiger partial charge in [0.1, 0.15) is 5.82 Å². The zero-order valence-corrected chi connectivity index (χ0v) is 15.6. The Balaban J connectivity index is 1.70. The van der Waals surface area contributed by atoms with Gasteiger partial charge in [-0.15, -0.1) is 11.3 Å². The van der Waals surface area contributed by atoms with E-state index in [2.05, 4.69) is 33.6 Å². The Labute approximate surface area is 146 Å². The second kappa shape index (κ2) is 7.03. The van der Waals surface area contributed by atoms with E-state index in [4.69, 9.17) is 4.98 Å².